The number of hydrogen-bond donors (Lipinski definition) is 3. The minimum Gasteiger partial charge on any atom is -0.462 e. The van der Waals surface area contributed by atoms with Crippen molar-refractivity contribution in [2.75, 3.05) is 39.6 Å². The summed E-state index contributed by atoms with van der Waals surface area (Å²) in [4.78, 5) is 72.8. The molecule has 2 unspecified atom stereocenters. The monoisotopic (exact) mass is 1410 g/mol. The Kier molecular flexibility index (Phi) is 70.0. The number of esters is 4. The Morgan fingerprint density at radius 3 is 0.615 bits per heavy atom. The van der Waals surface area contributed by atoms with E-state index >= 15 is 0 Å². The molecule has 5 atom stereocenters. The summed E-state index contributed by atoms with van der Waals surface area (Å²) in [6, 6.07) is 0. The third-order valence-electron chi connectivity index (χ3n) is 18.1. The van der Waals surface area contributed by atoms with Crippen LogP contribution in [0.15, 0.2) is 0 Å². The molecule has 0 aromatic rings. The van der Waals surface area contributed by atoms with Crippen molar-refractivity contribution >= 4 is 39.5 Å². The minimum absolute atomic E-state index is 0.108. The summed E-state index contributed by atoms with van der Waals surface area (Å²) in [5.41, 5.74) is 0. The Labute approximate surface area is 588 Å². The van der Waals surface area contributed by atoms with E-state index in [0.29, 0.717) is 25.7 Å². The fraction of sp³-hybridized carbons (Fsp3) is 0.948. The Hall–Kier alpha value is -1.94. The van der Waals surface area contributed by atoms with Gasteiger partial charge in [-0.15, -0.1) is 0 Å². The van der Waals surface area contributed by atoms with Gasteiger partial charge in [-0.2, -0.15) is 0 Å². The van der Waals surface area contributed by atoms with Crippen LogP contribution in [0.3, 0.4) is 0 Å². The SMILES string of the molecule is CCCCCCCCCCCCCCCCCCCCCCCC(=O)O[C@H](COC(=O)CCCCCCCCCCCCCCCC)COP(=O)(O)OC[C@@H](O)COP(=O)(O)OC[C@@H](COC(=O)CCCCCCCCCCC)OC(=O)CCCCCCCCCCCCCC. The quantitative estimate of drug-likeness (QED) is 0.0222. The summed E-state index contributed by atoms with van der Waals surface area (Å²) in [6.07, 6.45) is 62.4. The van der Waals surface area contributed by atoms with E-state index in [-0.39, 0.29) is 25.7 Å². The van der Waals surface area contributed by atoms with Gasteiger partial charge in [-0.1, -0.05) is 362 Å². The highest BCUT2D eigenvalue weighted by Crippen LogP contribution is 2.45. The lowest BCUT2D eigenvalue weighted by Gasteiger charge is -2.21. The Morgan fingerprint density at radius 2 is 0.417 bits per heavy atom. The van der Waals surface area contributed by atoms with E-state index in [1.54, 1.807) is 0 Å². The number of unbranched alkanes of at least 4 members (excludes halogenated alkanes) is 52. The molecule has 0 fully saturated rings. The van der Waals surface area contributed by atoms with Gasteiger partial charge in [-0.25, -0.2) is 9.13 Å². The number of carbonyl (C=O) groups excluding carboxylic acids is 4. The van der Waals surface area contributed by atoms with Gasteiger partial charge >= 0.3 is 39.5 Å². The molecule has 19 heteroatoms. The summed E-state index contributed by atoms with van der Waals surface area (Å²) >= 11 is 0. The third kappa shape index (κ3) is 70.5. The Morgan fingerprint density at radius 1 is 0.250 bits per heavy atom. The highest BCUT2D eigenvalue weighted by molar-refractivity contribution is 7.47. The minimum atomic E-state index is -4.96. The summed E-state index contributed by atoms with van der Waals surface area (Å²) in [5.74, 6) is -2.11. The number of aliphatic hydroxyl groups is 1. The first kappa shape index (κ1) is 94.1. The van der Waals surface area contributed by atoms with Gasteiger partial charge in [0, 0.05) is 25.7 Å². The van der Waals surface area contributed by atoms with Crippen LogP contribution in [0.1, 0.15) is 413 Å². The predicted octanol–water partition coefficient (Wildman–Crippen LogP) is 23.0. The molecule has 0 saturated heterocycles. The second-order valence-electron chi connectivity index (χ2n) is 27.7. The normalized spacial score (nSPS) is 13.9. The maximum Gasteiger partial charge on any atom is 0.472 e. The van der Waals surface area contributed by atoms with Gasteiger partial charge in [-0.3, -0.25) is 37.3 Å². The number of ether oxygens (including phenoxy) is 4. The third-order valence-corrected chi connectivity index (χ3v) is 20.0. The smallest absolute Gasteiger partial charge is 0.462 e. The molecule has 0 aliphatic rings. The molecule has 0 aromatic heterocycles. The van der Waals surface area contributed by atoms with Gasteiger partial charge in [0.05, 0.1) is 26.4 Å². The number of phosphoric acid groups is 2. The molecule has 17 nitrogen and oxygen atoms in total. The zero-order valence-corrected chi connectivity index (χ0v) is 64.1. The van der Waals surface area contributed by atoms with Gasteiger partial charge in [-0.05, 0) is 25.7 Å². The van der Waals surface area contributed by atoms with Crippen molar-refractivity contribution in [3.05, 3.63) is 0 Å². The molecule has 0 amide bonds. The molecule has 0 spiro atoms. The van der Waals surface area contributed by atoms with Crippen molar-refractivity contribution in [2.24, 2.45) is 0 Å². The predicted molar refractivity (Wildman–Crippen MR) is 391 cm³/mol. The second-order valence-corrected chi connectivity index (χ2v) is 30.7. The fourth-order valence-electron chi connectivity index (χ4n) is 11.9. The van der Waals surface area contributed by atoms with Crippen LogP contribution in [0, 0.1) is 0 Å². The van der Waals surface area contributed by atoms with E-state index in [1.807, 2.05) is 0 Å². The van der Waals surface area contributed by atoms with Crippen LogP contribution in [0.2, 0.25) is 0 Å². The summed E-state index contributed by atoms with van der Waals surface area (Å²) in [6.45, 7) is 4.98. The van der Waals surface area contributed by atoms with Crippen molar-refractivity contribution in [1.82, 2.24) is 0 Å². The number of hydrogen-bond acceptors (Lipinski definition) is 15. The van der Waals surface area contributed by atoms with E-state index in [0.717, 1.165) is 89.9 Å². The molecule has 3 N–H and O–H groups in total. The molecule has 96 heavy (non-hydrogen) atoms. The topological polar surface area (TPSA) is 237 Å². The van der Waals surface area contributed by atoms with Crippen molar-refractivity contribution in [3.8, 4) is 0 Å². The Balaban J connectivity index is 5.18. The molecular weight excluding hydrogens is 1260 g/mol. The van der Waals surface area contributed by atoms with Crippen LogP contribution in [-0.2, 0) is 65.4 Å². The van der Waals surface area contributed by atoms with Crippen molar-refractivity contribution in [2.45, 2.75) is 431 Å². The molecule has 0 aromatic carbocycles. The fourth-order valence-corrected chi connectivity index (χ4v) is 13.5. The van der Waals surface area contributed by atoms with E-state index < -0.39 is 97.5 Å². The van der Waals surface area contributed by atoms with Crippen molar-refractivity contribution in [1.29, 1.82) is 0 Å². The largest absolute Gasteiger partial charge is 0.472 e. The molecule has 570 valence electrons. The van der Waals surface area contributed by atoms with Gasteiger partial charge in [0.15, 0.2) is 12.2 Å². The average molecular weight is 1410 g/mol. The molecule has 0 rings (SSSR count). The highest BCUT2D eigenvalue weighted by Gasteiger charge is 2.30. The van der Waals surface area contributed by atoms with Crippen LogP contribution < -0.4 is 0 Å². The molecule has 0 saturated carbocycles. The van der Waals surface area contributed by atoms with Crippen LogP contribution in [0.25, 0.3) is 0 Å². The Bertz CT molecular complexity index is 1830. The van der Waals surface area contributed by atoms with Crippen molar-refractivity contribution < 1.29 is 80.2 Å². The summed E-state index contributed by atoms with van der Waals surface area (Å²) < 4.78 is 68.5. The summed E-state index contributed by atoms with van der Waals surface area (Å²) in [5, 5.41) is 10.6. The van der Waals surface area contributed by atoms with Gasteiger partial charge in [0.25, 0.3) is 0 Å². The molecule has 0 aliphatic carbocycles. The average Bonchev–Trinajstić information content (AvgIpc) is 1.35. The first-order chi connectivity index (χ1) is 46.7. The first-order valence-corrected chi connectivity index (χ1v) is 43.3. The van der Waals surface area contributed by atoms with Crippen LogP contribution in [0.4, 0.5) is 0 Å². The molecular formula is C77H150O17P2. The van der Waals surface area contributed by atoms with Gasteiger partial charge < -0.3 is 33.8 Å². The maximum atomic E-state index is 13.1. The maximum absolute atomic E-state index is 13.1. The van der Waals surface area contributed by atoms with E-state index in [4.69, 9.17) is 37.0 Å². The molecule has 0 bridgehead atoms. The number of carbonyl (C=O) groups is 4. The lowest BCUT2D eigenvalue weighted by Crippen LogP contribution is -2.30. The van der Waals surface area contributed by atoms with Crippen LogP contribution in [-0.4, -0.2) is 96.7 Å². The summed E-state index contributed by atoms with van der Waals surface area (Å²) in [7, 11) is -9.91. The molecule has 0 radical (unpaired) electrons. The van der Waals surface area contributed by atoms with E-state index in [9.17, 15) is 43.2 Å². The van der Waals surface area contributed by atoms with Crippen LogP contribution in [0.5, 0.6) is 0 Å². The zero-order chi connectivity index (χ0) is 70.4. The van der Waals surface area contributed by atoms with Gasteiger partial charge in [0.2, 0.25) is 0 Å². The lowest BCUT2D eigenvalue weighted by atomic mass is 10.0. The molecule has 0 aliphatic heterocycles. The van der Waals surface area contributed by atoms with Crippen molar-refractivity contribution in [3.63, 3.8) is 0 Å². The highest BCUT2D eigenvalue weighted by atomic mass is 31.2. The zero-order valence-electron chi connectivity index (χ0n) is 62.4. The lowest BCUT2D eigenvalue weighted by molar-refractivity contribution is -0.161. The van der Waals surface area contributed by atoms with Gasteiger partial charge in [0.1, 0.15) is 19.3 Å². The number of rotatable bonds is 78. The van der Waals surface area contributed by atoms with Crippen LogP contribution >= 0.6 is 15.6 Å². The second kappa shape index (κ2) is 71.5. The number of aliphatic hydroxyl groups excluding tert-OH is 1. The van der Waals surface area contributed by atoms with E-state index in [2.05, 4.69) is 27.7 Å². The molecule has 0 heterocycles. The van der Waals surface area contributed by atoms with E-state index in [1.165, 1.54) is 244 Å². The standard InChI is InChI=1S/C77H150O17P2/c1-5-9-13-17-21-25-28-31-33-34-35-36-37-38-39-41-44-48-52-56-60-64-77(82)94-73(68-88-75(80)62-58-54-50-46-43-40-32-29-26-22-18-14-10-6-2)70-92-96(85,86)90-66-71(78)65-89-95(83,84)91-69-72(67-87-74(79)61-57-53-49-45-24-20-16-12-8-4)93-76(81)63-59-55-51-47-42-30-27-23-19-15-11-7-3/h71-73,78H,5-70H2,1-4H3,(H,83,84)(H,85,86)/t71-,72+,73+/m0/s1. The first-order valence-electron chi connectivity index (χ1n) is 40.3. The number of phosphoric ester groups is 2.